The zero-order valence-electron chi connectivity index (χ0n) is 7.13. The number of halogens is 1. The lowest BCUT2D eigenvalue weighted by molar-refractivity contribution is 0.660. The van der Waals surface area contributed by atoms with E-state index in [-0.39, 0.29) is 0 Å². The van der Waals surface area contributed by atoms with E-state index < -0.39 is 0 Å². The SMILES string of the molecule is CC(CS)Cc1ccc(I)cc1. The molecule has 0 aliphatic rings. The Morgan fingerprint density at radius 2 is 1.92 bits per heavy atom. The number of benzene rings is 1. The molecule has 1 atom stereocenters. The molecule has 0 fully saturated rings. The van der Waals surface area contributed by atoms with Gasteiger partial charge in [0.25, 0.3) is 0 Å². The molecule has 0 saturated carbocycles. The molecule has 0 aromatic heterocycles. The minimum Gasteiger partial charge on any atom is -0.179 e. The zero-order valence-corrected chi connectivity index (χ0v) is 10.2. The van der Waals surface area contributed by atoms with Crippen LogP contribution in [0.4, 0.5) is 0 Å². The van der Waals surface area contributed by atoms with Crippen molar-refractivity contribution in [3.05, 3.63) is 33.4 Å². The van der Waals surface area contributed by atoms with Gasteiger partial charge in [0.2, 0.25) is 0 Å². The Hall–Kier alpha value is 0.300. The van der Waals surface area contributed by atoms with E-state index in [1.165, 1.54) is 9.13 Å². The summed E-state index contributed by atoms with van der Waals surface area (Å²) in [6.07, 6.45) is 1.14. The van der Waals surface area contributed by atoms with Crippen molar-refractivity contribution in [2.75, 3.05) is 5.75 Å². The van der Waals surface area contributed by atoms with Crippen molar-refractivity contribution in [1.82, 2.24) is 0 Å². The van der Waals surface area contributed by atoms with Gasteiger partial charge in [-0.1, -0.05) is 19.1 Å². The number of hydrogen-bond acceptors (Lipinski definition) is 1. The fraction of sp³-hybridized carbons (Fsp3) is 0.400. The van der Waals surface area contributed by atoms with Crippen molar-refractivity contribution >= 4 is 35.2 Å². The Balaban J connectivity index is 2.58. The average molecular weight is 292 g/mol. The third kappa shape index (κ3) is 3.35. The van der Waals surface area contributed by atoms with Gasteiger partial charge in [0.1, 0.15) is 0 Å². The van der Waals surface area contributed by atoms with Crippen molar-refractivity contribution in [2.45, 2.75) is 13.3 Å². The van der Waals surface area contributed by atoms with Gasteiger partial charge in [-0.25, -0.2) is 0 Å². The molecule has 0 aliphatic heterocycles. The highest BCUT2D eigenvalue weighted by atomic mass is 127. The Bertz CT molecular complexity index is 230. The van der Waals surface area contributed by atoms with Crippen LogP contribution in [0.2, 0.25) is 0 Å². The molecule has 0 radical (unpaired) electrons. The van der Waals surface area contributed by atoms with E-state index in [0.29, 0.717) is 5.92 Å². The zero-order chi connectivity index (χ0) is 8.97. The summed E-state index contributed by atoms with van der Waals surface area (Å²) in [5.41, 5.74) is 1.41. The molecule has 0 aliphatic carbocycles. The van der Waals surface area contributed by atoms with Gasteiger partial charge in [0.05, 0.1) is 0 Å². The minimum atomic E-state index is 0.674. The van der Waals surface area contributed by atoms with Crippen LogP contribution in [-0.4, -0.2) is 5.75 Å². The average Bonchev–Trinajstić information content (AvgIpc) is 2.09. The predicted octanol–water partition coefficient (Wildman–Crippen LogP) is 3.40. The molecule has 0 saturated heterocycles. The first kappa shape index (κ1) is 10.4. The third-order valence-electron chi connectivity index (χ3n) is 1.81. The maximum atomic E-state index is 4.26. The molecule has 0 nitrogen and oxygen atoms in total. The fourth-order valence-electron chi connectivity index (χ4n) is 1.09. The van der Waals surface area contributed by atoms with Crippen LogP contribution in [0.1, 0.15) is 12.5 Å². The lowest BCUT2D eigenvalue weighted by atomic mass is 10.0. The first-order chi connectivity index (χ1) is 5.72. The molecule has 12 heavy (non-hydrogen) atoms. The minimum absolute atomic E-state index is 0.674. The molecule has 0 N–H and O–H groups in total. The second-order valence-corrected chi connectivity index (χ2v) is 4.73. The van der Waals surface area contributed by atoms with Crippen molar-refractivity contribution in [1.29, 1.82) is 0 Å². The quantitative estimate of drug-likeness (QED) is 0.640. The molecule has 2 heteroatoms. The Morgan fingerprint density at radius 3 is 2.42 bits per heavy atom. The van der Waals surface area contributed by atoms with Crippen LogP contribution in [-0.2, 0) is 6.42 Å². The summed E-state index contributed by atoms with van der Waals surface area (Å²) in [5, 5.41) is 0. The lowest BCUT2D eigenvalue weighted by Crippen LogP contribution is -2.00. The van der Waals surface area contributed by atoms with Gasteiger partial charge in [-0.05, 0) is 58.4 Å². The number of hydrogen-bond donors (Lipinski definition) is 1. The summed E-state index contributed by atoms with van der Waals surface area (Å²) >= 11 is 6.59. The predicted molar refractivity (Wildman–Crippen MR) is 65.9 cm³/mol. The highest BCUT2D eigenvalue weighted by molar-refractivity contribution is 14.1. The van der Waals surface area contributed by atoms with E-state index in [2.05, 4.69) is 66.4 Å². The van der Waals surface area contributed by atoms with E-state index in [9.17, 15) is 0 Å². The van der Waals surface area contributed by atoms with Crippen molar-refractivity contribution < 1.29 is 0 Å². The highest BCUT2D eigenvalue weighted by Crippen LogP contribution is 2.11. The summed E-state index contributed by atoms with van der Waals surface area (Å²) in [6, 6.07) is 8.70. The van der Waals surface area contributed by atoms with Gasteiger partial charge in [-0.2, -0.15) is 12.6 Å². The summed E-state index contributed by atoms with van der Waals surface area (Å²) < 4.78 is 1.30. The van der Waals surface area contributed by atoms with Crippen LogP contribution in [0.5, 0.6) is 0 Å². The largest absolute Gasteiger partial charge is 0.179 e. The summed E-state index contributed by atoms with van der Waals surface area (Å²) in [7, 11) is 0. The van der Waals surface area contributed by atoms with Gasteiger partial charge in [-0.3, -0.25) is 0 Å². The first-order valence-electron chi connectivity index (χ1n) is 4.07. The van der Waals surface area contributed by atoms with Crippen LogP contribution < -0.4 is 0 Å². The topological polar surface area (TPSA) is 0 Å². The third-order valence-corrected chi connectivity index (χ3v) is 3.15. The Kier molecular flexibility index (Phi) is 4.43. The van der Waals surface area contributed by atoms with E-state index >= 15 is 0 Å². The molecule has 1 unspecified atom stereocenters. The molecule has 1 rings (SSSR count). The van der Waals surface area contributed by atoms with Crippen LogP contribution in [0.3, 0.4) is 0 Å². The molecular weight excluding hydrogens is 279 g/mol. The van der Waals surface area contributed by atoms with Crippen molar-refractivity contribution in [3.63, 3.8) is 0 Å². The summed E-state index contributed by atoms with van der Waals surface area (Å²) in [6.45, 7) is 2.23. The monoisotopic (exact) mass is 292 g/mol. The molecule has 0 heterocycles. The van der Waals surface area contributed by atoms with Crippen LogP contribution in [0.15, 0.2) is 24.3 Å². The van der Waals surface area contributed by atoms with Gasteiger partial charge in [0, 0.05) is 3.57 Å². The smallest absolute Gasteiger partial charge is 0.0130 e. The Labute approximate surface area is 93.3 Å². The molecule has 66 valence electrons. The van der Waals surface area contributed by atoms with E-state index in [0.717, 1.165) is 12.2 Å². The van der Waals surface area contributed by atoms with Gasteiger partial charge in [0.15, 0.2) is 0 Å². The van der Waals surface area contributed by atoms with E-state index in [4.69, 9.17) is 0 Å². The number of thiol groups is 1. The Morgan fingerprint density at radius 1 is 1.33 bits per heavy atom. The highest BCUT2D eigenvalue weighted by Gasteiger charge is 2.00. The molecule has 0 bridgehead atoms. The van der Waals surface area contributed by atoms with Gasteiger partial charge >= 0.3 is 0 Å². The van der Waals surface area contributed by atoms with E-state index in [1.54, 1.807) is 0 Å². The normalized spacial score (nSPS) is 12.9. The standard InChI is InChI=1S/C10H13IS/c1-8(7-12)6-9-2-4-10(11)5-3-9/h2-5,8,12H,6-7H2,1H3. The first-order valence-corrected chi connectivity index (χ1v) is 5.79. The fourth-order valence-corrected chi connectivity index (χ4v) is 1.58. The summed E-state index contributed by atoms with van der Waals surface area (Å²) in [4.78, 5) is 0. The molecule has 0 amide bonds. The second kappa shape index (κ2) is 5.12. The van der Waals surface area contributed by atoms with E-state index in [1.807, 2.05) is 0 Å². The lowest BCUT2D eigenvalue weighted by Gasteiger charge is -2.07. The van der Waals surface area contributed by atoms with Gasteiger partial charge < -0.3 is 0 Å². The van der Waals surface area contributed by atoms with Crippen LogP contribution in [0, 0.1) is 9.49 Å². The van der Waals surface area contributed by atoms with Crippen LogP contribution in [0.25, 0.3) is 0 Å². The maximum Gasteiger partial charge on any atom is 0.0130 e. The van der Waals surface area contributed by atoms with Crippen molar-refractivity contribution in [3.8, 4) is 0 Å². The number of rotatable bonds is 3. The molecule has 1 aromatic carbocycles. The maximum absolute atomic E-state index is 4.26. The second-order valence-electron chi connectivity index (χ2n) is 3.12. The van der Waals surface area contributed by atoms with Crippen molar-refractivity contribution in [2.24, 2.45) is 5.92 Å². The molecule has 1 aromatic rings. The van der Waals surface area contributed by atoms with Gasteiger partial charge in [-0.15, -0.1) is 0 Å². The molecule has 0 spiro atoms. The van der Waals surface area contributed by atoms with Crippen LogP contribution >= 0.6 is 35.2 Å². The molecular formula is C10H13IS. The summed E-state index contributed by atoms with van der Waals surface area (Å²) in [5.74, 6) is 1.64.